The van der Waals surface area contributed by atoms with Crippen molar-refractivity contribution in [2.24, 2.45) is 40.4 Å². The van der Waals surface area contributed by atoms with Gasteiger partial charge in [-0.25, -0.2) is 0 Å². The van der Waals surface area contributed by atoms with Crippen LogP contribution in [0.4, 0.5) is 0 Å². The van der Waals surface area contributed by atoms with Gasteiger partial charge in [-0.1, -0.05) is 39.3 Å². The summed E-state index contributed by atoms with van der Waals surface area (Å²) in [5.41, 5.74) is 1.13. The van der Waals surface area contributed by atoms with Crippen molar-refractivity contribution >= 4 is 17.9 Å². The van der Waals surface area contributed by atoms with Gasteiger partial charge >= 0.3 is 0 Å². The van der Waals surface area contributed by atoms with E-state index in [1.54, 1.807) is 13.2 Å². The largest absolute Gasteiger partial charge is 0.496 e. The summed E-state index contributed by atoms with van der Waals surface area (Å²) in [5, 5.41) is 0. The van der Waals surface area contributed by atoms with Crippen LogP contribution in [-0.2, 0) is 9.53 Å². The van der Waals surface area contributed by atoms with E-state index in [2.05, 4.69) is 25.1 Å². The number of rotatable bonds is 9. The molecular formula is C31H49NO2S. The van der Waals surface area contributed by atoms with Gasteiger partial charge in [0.05, 0.1) is 12.0 Å². The number of carbonyl (C=O) groups is 1. The second-order valence-corrected chi connectivity index (χ2v) is 13.2. The molecule has 0 radical (unpaired) electrons. The first-order valence-corrected chi connectivity index (χ1v) is 15.2. The third-order valence-corrected chi connectivity index (χ3v) is 11.9. The van der Waals surface area contributed by atoms with Gasteiger partial charge in [0.2, 0.25) is 5.91 Å². The quantitative estimate of drug-likeness (QED) is 0.196. The molecule has 35 heavy (non-hydrogen) atoms. The first-order valence-electron chi connectivity index (χ1n) is 14.4. The van der Waals surface area contributed by atoms with Crippen LogP contribution in [0.25, 0.3) is 0 Å². The minimum Gasteiger partial charge on any atom is -0.496 e. The zero-order valence-corrected chi connectivity index (χ0v) is 23.6. The minimum atomic E-state index is 0.114. The van der Waals surface area contributed by atoms with Gasteiger partial charge in [-0.05, 0) is 136 Å². The van der Waals surface area contributed by atoms with E-state index in [9.17, 15) is 4.79 Å². The summed E-state index contributed by atoms with van der Waals surface area (Å²) >= 11 is 1.33. The fourth-order valence-electron chi connectivity index (χ4n) is 9.15. The van der Waals surface area contributed by atoms with Crippen LogP contribution in [0.5, 0.6) is 0 Å². The highest BCUT2D eigenvalue weighted by atomic mass is 32.2. The Hall–Kier alpha value is -1.16. The normalized spacial score (nSPS) is 39.3. The van der Waals surface area contributed by atoms with Crippen LogP contribution in [0.2, 0.25) is 0 Å². The maximum Gasteiger partial charge on any atom is 0.230 e. The third kappa shape index (κ3) is 5.29. The van der Waals surface area contributed by atoms with Gasteiger partial charge in [-0.2, -0.15) is 0 Å². The minimum absolute atomic E-state index is 0.114. The Morgan fingerprint density at radius 1 is 1.06 bits per heavy atom. The molecule has 0 spiro atoms. The molecule has 0 saturated heterocycles. The van der Waals surface area contributed by atoms with E-state index in [4.69, 9.17) is 4.74 Å². The molecule has 4 aliphatic rings. The molecule has 0 aliphatic heterocycles. The first kappa shape index (κ1) is 26.9. The maximum atomic E-state index is 12.6. The van der Waals surface area contributed by atoms with Crippen molar-refractivity contribution in [1.29, 1.82) is 0 Å². The van der Waals surface area contributed by atoms with Crippen LogP contribution in [0.3, 0.4) is 0 Å². The zero-order chi connectivity index (χ0) is 25.1. The highest BCUT2D eigenvalue weighted by Gasteiger charge is 2.59. The number of hydrogen-bond donors (Lipinski definition) is 1. The van der Waals surface area contributed by atoms with E-state index < -0.39 is 0 Å². The van der Waals surface area contributed by atoms with Crippen molar-refractivity contribution in [1.82, 2.24) is 4.72 Å². The lowest BCUT2D eigenvalue weighted by atomic mass is 9.45. The molecule has 1 amide bonds. The SMILES string of the molecule is C=C/C(OC)=C(\C=C/C)SNC(=O)CCCC1CCC2C3CCC4CCCCC4(C)C3CCC12C. The third-order valence-electron chi connectivity index (χ3n) is 11.0. The fourth-order valence-corrected chi connectivity index (χ4v) is 9.95. The number of amides is 1. The van der Waals surface area contributed by atoms with Crippen LogP contribution in [0.15, 0.2) is 35.5 Å². The van der Waals surface area contributed by atoms with Crippen molar-refractivity contribution in [2.45, 2.75) is 104 Å². The second-order valence-electron chi connectivity index (χ2n) is 12.4. The van der Waals surface area contributed by atoms with E-state index in [-0.39, 0.29) is 5.91 Å². The smallest absolute Gasteiger partial charge is 0.230 e. The Balaban J connectivity index is 1.29. The molecule has 7 unspecified atom stereocenters. The van der Waals surface area contributed by atoms with Crippen molar-refractivity contribution in [2.75, 3.05) is 7.11 Å². The lowest BCUT2D eigenvalue weighted by Gasteiger charge is -2.60. The number of methoxy groups -OCH3 is 1. The van der Waals surface area contributed by atoms with Crippen molar-refractivity contribution in [3.05, 3.63) is 35.5 Å². The molecule has 7 atom stereocenters. The van der Waals surface area contributed by atoms with E-state index >= 15 is 0 Å². The maximum absolute atomic E-state index is 12.6. The molecule has 0 aromatic rings. The Morgan fingerprint density at radius 2 is 1.86 bits per heavy atom. The summed E-state index contributed by atoms with van der Waals surface area (Å²) in [6, 6.07) is 0. The van der Waals surface area contributed by atoms with Crippen molar-refractivity contribution in [3.8, 4) is 0 Å². The molecule has 4 fully saturated rings. The number of allylic oxidation sites excluding steroid dienone is 3. The Morgan fingerprint density at radius 3 is 2.60 bits per heavy atom. The van der Waals surface area contributed by atoms with Crippen LogP contribution in [0, 0.1) is 40.4 Å². The van der Waals surface area contributed by atoms with E-state index in [1.165, 1.54) is 82.6 Å². The first-order chi connectivity index (χ1) is 16.9. The van der Waals surface area contributed by atoms with Crippen molar-refractivity contribution in [3.63, 3.8) is 0 Å². The Labute approximate surface area is 219 Å². The lowest BCUT2D eigenvalue weighted by molar-refractivity contribution is -0.119. The summed E-state index contributed by atoms with van der Waals surface area (Å²) in [6.07, 6.45) is 23.0. The molecule has 3 nitrogen and oxygen atoms in total. The van der Waals surface area contributed by atoms with Crippen LogP contribution >= 0.6 is 11.9 Å². The number of fused-ring (bicyclic) bond motifs is 5. The number of nitrogens with one attached hydrogen (secondary N) is 1. The fraction of sp³-hybridized carbons (Fsp3) is 0.774. The molecule has 4 saturated carbocycles. The predicted molar refractivity (Wildman–Crippen MR) is 148 cm³/mol. The van der Waals surface area contributed by atoms with Crippen LogP contribution in [0.1, 0.15) is 104 Å². The van der Waals surface area contributed by atoms with E-state index in [0.29, 0.717) is 23.0 Å². The molecule has 0 heterocycles. The van der Waals surface area contributed by atoms with Crippen LogP contribution < -0.4 is 4.72 Å². The summed E-state index contributed by atoms with van der Waals surface area (Å²) in [7, 11) is 1.63. The summed E-state index contributed by atoms with van der Waals surface area (Å²) in [5.74, 6) is 5.47. The highest BCUT2D eigenvalue weighted by Crippen LogP contribution is 2.67. The molecule has 0 bridgehead atoms. The molecular weight excluding hydrogens is 450 g/mol. The lowest BCUT2D eigenvalue weighted by Crippen LogP contribution is -2.52. The Bertz CT molecular complexity index is 834. The van der Waals surface area contributed by atoms with E-state index in [1.807, 2.05) is 19.1 Å². The van der Waals surface area contributed by atoms with Gasteiger partial charge in [0.15, 0.2) is 0 Å². The summed E-state index contributed by atoms with van der Waals surface area (Å²) < 4.78 is 8.38. The number of ether oxygens (including phenoxy) is 1. The number of carbonyl (C=O) groups excluding carboxylic acids is 1. The molecule has 1 N–H and O–H groups in total. The van der Waals surface area contributed by atoms with E-state index in [0.717, 1.165) is 40.9 Å². The standard InChI is InChI=1S/C31H49NO2S/c1-6-11-28(27(7-2)34-5)35-32-29(33)14-10-13-23-16-18-25-24-17-15-22-12-8-9-20-30(22,3)26(24)19-21-31(23,25)4/h6-7,11,22-26H,2,8-10,12-21H2,1,3-5H3,(H,32,33)/b11-6-,28-27-. The number of hydrogen-bond acceptors (Lipinski definition) is 3. The van der Waals surface area contributed by atoms with Gasteiger partial charge < -0.3 is 4.74 Å². The molecule has 4 aliphatic carbocycles. The average Bonchev–Trinajstić information content (AvgIpc) is 3.19. The van der Waals surface area contributed by atoms with Gasteiger partial charge in [0, 0.05) is 6.42 Å². The molecule has 4 rings (SSSR count). The van der Waals surface area contributed by atoms with Gasteiger partial charge in [-0.15, -0.1) is 0 Å². The monoisotopic (exact) mass is 499 g/mol. The topological polar surface area (TPSA) is 38.3 Å². The summed E-state index contributed by atoms with van der Waals surface area (Å²) in [6.45, 7) is 11.1. The van der Waals surface area contributed by atoms with Gasteiger partial charge in [0.25, 0.3) is 0 Å². The molecule has 196 valence electrons. The molecule has 0 aromatic carbocycles. The summed E-state index contributed by atoms with van der Waals surface area (Å²) in [4.78, 5) is 13.5. The molecule has 4 heteroatoms. The average molecular weight is 500 g/mol. The predicted octanol–water partition coefficient (Wildman–Crippen LogP) is 8.59. The van der Waals surface area contributed by atoms with Gasteiger partial charge in [0.1, 0.15) is 5.76 Å². The highest BCUT2D eigenvalue weighted by molar-refractivity contribution is 8.01. The van der Waals surface area contributed by atoms with Crippen LogP contribution in [-0.4, -0.2) is 13.0 Å². The second kappa shape index (κ2) is 11.5. The molecule has 0 aromatic heterocycles. The van der Waals surface area contributed by atoms with Gasteiger partial charge in [-0.3, -0.25) is 9.52 Å². The Kier molecular flexibility index (Phi) is 8.82. The zero-order valence-electron chi connectivity index (χ0n) is 22.7. The van der Waals surface area contributed by atoms with Crippen molar-refractivity contribution < 1.29 is 9.53 Å².